The van der Waals surface area contributed by atoms with Gasteiger partial charge in [0.05, 0.1) is 0 Å². The fourth-order valence-corrected chi connectivity index (χ4v) is 5.48. The third-order valence-electron chi connectivity index (χ3n) is 6.23. The van der Waals surface area contributed by atoms with Crippen molar-refractivity contribution in [3.8, 4) is 0 Å². The van der Waals surface area contributed by atoms with Gasteiger partial charge in [-0.3, -0.25) is 9.69 Å². The highest BCUT2D eigenvalue weighted by atomic mass is 32.1. The summed E-state index contributed by atoms with van der Waals surface area (Å²) < 4.78 is 0. The van der Waals surface area contributed by atoms with Gasteiger partial charge in [0, 0.05) is 55.6 Å². The predicted octanol–water partition coefficient (Wildman–Crippen LogP) is 3.62. The van der Waals surface area contributed by atoms with Gasteiger partial charge in [-0.2, -0.15) is 0 Å². The summed E-state index contributed by atoms with van der Waals surface area (Å²) in [7, 11) is 0. The molecule has 2 saturated heterocycles. The molecule has 3 aliphatic heterocycles. The van der Waals surface area contributed by atoms with Crippen LogP contribution >= 0.6 is 11.3 Å². The van der Waals surface area contributed by atoms with Crippen LogP contribution in [0.2, 0.25) is 0 Å². The van der Waals surface area contributed by atoms with Crippen molar-refractivity contribution in [1.82, 2.24) is 14.8 Å². The maximum Gasteiger partial charge on any atom is 0.246 e. The van der Waals surface area contributed by atoms with Crippen molar-refractivity contribution in [3.63, 3.8) is 0 Å². The maximum absolute atomic E-state index is 12.7. The van der Waals surface area contributed by atoms with Gasteiger partial charge in [-0.05, 0) is 59.4 Å². The summed E-state index contributed by atoms with van der Waals surface area (Å²) in [5, 5.41) is 5.37. The molecule has 0 bridgehead atoms. The Bertz CT molecular complexity index is 938. The van der Waals surface area contributed by atoms with Crippen LogP contribution in [-0.4, -0.2) is 46.9 Å². The van der Waals surface area contributed by atoms with Crippen LogP contribution in [0.3, 0.4) is 0 Å². The Morgan fingerprint density at radius 2 is 2.10 bits per heavy atom. The highest BCUT2D eigenvalue weighted by Gasteiger charge is 2.40. The highest BCUT2D eigenvalue weighted by molar-refractivity contribution is 7.09. The van der Waals surface area contributed by atoms with E-state index in [9.17, 15) is 4.79 Å². The number of aromatic nitrogens is 1. The van der Waals surface area contributed by atoms with E-state index in [-0.39, 0.29) is 5.91 Å². The summed E-state index contributed by atoms with van der Waals surface area (Å²) in [6.45, 7) is 8.97. The maximum atomic E-state index is 12.7. The first-order chi connectivity index (χ1) is 14.1. The Morgan fingerprint density at radius 1 is 1.28 bits per heavy atom. The predicted molar refractivity (Wildman–Crippen MR) is 118 cm³/mol. The normalized spacial score (nSPS) is 24.0. The molecule has 2 aromatic rings. The largest absolute Gasteiger partial charge is 0.344 e. The van der Waals surface area contributed by atoms with E-state index in [1.165, 1.54) is 10.4 Å². The Kier molecular flexibility index (Phi) is 4.97. The Labute approximate surface area is 175 Å². The van der Waals surface area contributed by atoms with E-state index in [2.05, 4.69) is 45.4 Å². The Morgan fingerprint density at radius 3 is 2.86 bits per heavy atom. The number of rotatable bonds is 4. The number of carbonyl (C=O) groups excluding carboxylic acids is 1. The summed E-state index contributed by atoms with van der Waals surface area (Å²) in [4.78, 5) is 23.2. The number of aryl methyl sites for hydroxylation is 1. The zero-order chi connectivity index (χ0) is 19.8. The highest BCUT2D eigenvalue weighted by Crippen LogP contribution is 2.32. The van der Waals surface area contributed by atoms with Crippen LogP contribution in [0.5, 0.6) is 0 Å². The van der Waals surface area contributed by atoms with Crippen molar-refractivity contribution in [2.75, 3.05) is 31.5 Å². The SMILES string of the molecule is C=C1CCc2cc(/C=C/C(=O)N3C[C@H]4CN(Cc5cccs5)C[C@H]4C3)cnc2N1. The van der Waals surface area contributed by atoms with Crippen LogP contribution in [0.1, 0.15) is 22.4 Å². The van der Waals surface area contributed by atoms with Crippen LogP contribution in [0, 0.1) is 11.8 Å². The molecule has 2 atom stereocenters. The molecule has 5 heterocycles. The smallest absolute Gasteiger partial charge is 0.246 e. The zero-order valence-electron chi connectivity index (χ0n) is 16.5. The number of thiophene rings is 1. The lowest BCUT2D eigenvalue weighted by molar-refractivity contribution is -0.125. The summed E-state index contributed by atoms with van der Waals surface area (Å²) in [5.74, 6) is 2.23. The molecule has 0 radical (unpaired) electrons. The average Bonchev–Trinajstić information content (AvgIpc) is 3.43. The minimum atomic E-state index is 0.119. The number of anilines is 1. The van der Waals surface area contributed by atoms with Gasteiger partial charge in [-0.25, -0.2) is 4.98 Å². The fourth-order valence-electron chi connectivity index (χ4n) is 4.73. The Balaban J connectivity index is 1.16. The summed E-state index contributed by atoms with van der Waals surface area (Å²) in [5.41, 5.74) is 3.18. The van der Waals surface area contributed by atoms with Crippen LogP contribution in [0.4, 0.5) is 5.82 Å². The van der Waals surface area contributed by atoms with Crippen LogP contribution in [0.15, 0.2) is 48.1 Å². The van der Waals surface area contributed by atoms with Gasteiger partial charge in [0.25, 0.3) is 0 Å². The molecular formula is C23H26N4OS. The van der Waals surface area contributed by atoms with Gasteiger partial charge in [0.2, 0.25) is 5.91 Å². The second-order valence-corrected chi connectivity index (χ2v) is 9.41. The number of pyridine rings is 1. The van der Waals surface area contributed by atoms with E-state index in [0.717, 1.165) is 62.6 Å². The number of allylic oxidation sites excluding steroid dienone is 1. The number of hydrogen-bond donors (Lipinski definition) is 1. The van der Waals surface area contributed by atoms with Crippen molar-refractivity contribution in [1.29, 1.82) is 0 Å². The lowest BCUT2D eigenvalue weighted by Gasteiger charge is -2.20. The molecule has 0 aromatic carbocycles. The molecule has 5 rings (SSSR count). The van der Waals surface area contributed by atoms with Crippen LogP contribution in [-0.2, 0) is 17.8 Å². The first-order valence-electron chi connectivity index (χ1n) is 10.3. The topological polar surface area (TPSA) is 48.5 Å². The molecule has 6 heteroatoms. The average molecular weight is 407 g/mol. The molecule has 0 saturated carbocycles. The van der Waals surface area contributed by atoms with E-state index in [1.54, 1.807) is 6.08 Å². The number of amides is 1. The van der Waals surface area contributed by atoms with Crippen molar-refractivity contribution in [2.24, 2.45) is 11.8 Å². The van der Waals surface area contributed by atoms with Gasteiger partial charge in [0.1, 0.15) is 5.82 Å². The van der Waals surface area contributed by atoms with E-state index in [0.29, 0.717) is 11.8 Å². The molecule has 1 amide bonds. The monoisotopic (exact) mass is 406 g/mol. The fraction of sp³-hybridized carbons (Fsp3) is 0.391. The summed E-state index contributed by atoms with van der Waals surface area (Å²) >= 11 is 1.83. The molecule has 150 valence electrons. The second kappa shape index (κ2) is 7.76. The molecule has 0 unspecified atom stereocenters. The van der Waals surface area contributed by atoms with Crippen molar-refractivity contribution >= 4 is 29.1 Å². The molecule has 0 spiro atoms. The minimum Gasteiger partial charge on any atom is -0.344 e. The number of likely N-dealkylation sites (tertiary alicyclic amines) is 2. The van der Waals surface area contributed by atoms with Gasteiger partial charge in [-0.15, -0.1) is 11.3 Å². The number of nitrogens with one attached hydrogen (secondary N) is 1. The van der Waals surface area contributed by atoms with Crippen LogP contribution < -0.4 is 5.32 Å². The summed E-state index contributed by atoms with van der Waals surface area (Å²) in [6, 6.07) is 6.45. The molecule has 3 aliphatic rings. The molecule has 5 nitrogen and oxygen atoms in total. The molecular weight excluding hydrogens is 380 g/mol. The van der Waals surface area contributed by atoms with Crippen molar-refractivity contribution in [2.45, 2.75) is 19.4 Å². The standard InChI is InChI=1S/C23H26N4OS/c1-16-4-6-18-9-17(10-24-23(18)25-16)5-7-22(28)27-13-19-11-26(12-20(19)14-27)15-21-3-2-8-29-21/h2-3,5,7-10,19-20H,1,4,6,11-15H2,(H,24,25)/b7-5+/t19-,20+. The number of fused-ring (bicyclic) bond motifs is 2. The van der Waals surface area contributed by atoms with Crippen molar-refractivity contribution < 1.29 is 4.79 Å². The molecule has 0 aliphatic carbocycles. The van der Waals surface area contributed by atoms with Gasteiger partial charge >= 0.3 is 0 Å². The summed E-state index contributed by atoms with van der Waals surface area (Å²) in [6.07, 6.45) is 7.30. The van der Waals surface area contributed by atoms with E-state index < -0.39 is 0 Å². The quantitative estimate of drug-likeness (QED) is 0.788. The first-order valence-corrected chi connectivity index (χ1v) is 11.2. The third kappa shape index (κ3) is 4.00. The minimum absolute atomic E-state index is 0.119. The second-order valence-electron chi connectivity index (χ2n) is 8.38. The van der Waals surface area contributed by atoms with E-state index in [1.807, 2.05) is 28.5 Å². The third-order valence-corrected chi connectivity index (χ3v) is 7.09. The van der Waals surface area contributed by atoms with Crippen molar-refractivity contribution in [3.05, 3.63) is 64.1 Å². The number of carbonyl (C=O) groups is 1. The zero-order valence-corrected chi connectivity index (χ0v) is 17.3. The number of nitrogens with zero attached hydrogens (tertiary/aromatic N) is 3. The molecule has 29 heavy (non-hydrogen) atoms. The lowest BCUT2D eigenvalue weighted by atomic mass is 10.0. The van der Waals surface area contributed by atoms with Gasteiger partial charge < -0.3 is 10.2 Å². The molecule has 2 fully saturated rings. The van der Waals surface area contributed by atoms with E-state index >= 15 is 0 Å². The van der Waals surface area contributed by atoms with Gasteiger partial charge in [0.15, 0.2) is 0 Å². The van der Waals surface area contributed by atoms with Gasteiger partial charge in [-0.1, -0.05) is 12.6 Å². The lowest BCUT2D eigenvalue weighted by Crippen LogP contribution is -2.31. The van der Waals surface area contributed by atoms with E-state index in [4.69, 9.17) is 0 Å². The van der Waals surface area contributed by atoms with Crippen LogP contribution in [0.25, 0.3) is 6.08 Å². The number of hydrogen-bond acceptors (Lipinski definition) is 5. The molecule has 1 N–H and O–H groups in total. The Hall–Kier alpha value is -2.44. The first kappa shape index (κ1) is 18.6. The molecule has 2 aromatic heterocycles.